The molecule has 0 aliphatic carbocycles. The predicted molar refractivity (Wildman–Crippen MR) is 82.5 cm³/mol. The summed E-state index contributed by atoms with van der Waals surface area (Å²) >= 11 is 0. The third kappa shape index (κ3) is 4.13. The number of nitrogens with one attached hydrogen (secondary N) is 1. The Morgan fingerprint density at radius 3 is 2.48 bits per heavy atom. The fourth-order valence-electron chi connectivity index (χ4n) is 2.39. The summed E-state index contributed by atoms with van der Waals surface area (Å²) in [6, 6.07) is 7.12. The standard InChI is InChI=1S/C16H19F2N3O2/c1-10-14(11(2)21(20-10)16(17)18)9-15(23)19-13-5-3-12(4-6-13)7-8-22/h3-6,16,22H,7-9H2,1-2H3,(H,19,23). The Balaban J connectivity index is 2.05. The lowest BCUT2D eigenvalue weighted by Gasteiger charge is -2.07. The molecule has 1 amide bonds. The van der Waals surface area contributed by atoms with E-state index in [4.69, 9.17) is 5.11 Å². The number of alkyl halides is 2. The normalized spacial score (nSPS) is 11.0. The van der Waals surface area contributed by atoms with Gasteiger partial charge < -0.3 is 10.4 Å². The summed E-state index contributed by atoms with van der Waals surface area (Å²) < 4.78 is 26.2. The topological polar surface area (TPSA) is 67.2 Å². The maximum Gasteiger partial charge on any atom is 0.333 e. The van der Waals surface area contributed by atoms with Crippen molar-refractivity contribution in [1.82, 2.24) is 9.78 Å². The van der Waals surface area contributed by atoms with Crippen LogP contribution in [0.4, 0.5) is 14.5 Å². The second kappa shape index (κ2) is 7.32. The van der Waals surface area contributed by atoms with Crippen LogP contribution in [0.2, 0.25) is 0 Å². The van der Waals surface area contributed by atoms with Gasteiger partial charge in [0.1, 0.15) is 0 Å². The molecule has 124 valence electrons. The maximum atomic E-state index is 12.8. The van der Waals surface area contributed by atoms with Crippen LogP contribution < -0.4 is 5.32 Å². The molecule has 1 aromatic heterocycles. The highest BCUT2D eigenvalue weighted by molar-refractivity contribution is 5.92. The van der Waals surface area contributed by atoms with Gasteiger partial charge in [0, 0.05) is 23.6 Å². The van der Waals surface area contributed by atoms with E-state index in [0.29, 0.717) is 33.7 Å². The molecule has 1 heterocycles. The number of aliphatic hydroxyl groups is 1. The number of halogens is 2. The van der Waals surface area contributed by atoms with Gasteiger partial charge in [-0.15, -0.1) is 0 Å². The number of carbonyl (C=O) groups is 1. The summed E-state index contributed by atoms with van der Waals surface area (Å²) in [4.78, 5) is 12.1. The molecule has 0 bridgehead atoms. The van der Waals surface area contributed by atoms with Crippen LogP contribution in [0.1, 0.15) is 29.1 Å². The summed E-state index contributed by atoms with van der Waals surface area (Å²) in [5, 5.41) is 15.4. The van der Waals surface area contributed by atoms with Gasteiger partial charge in [0.25, 0.3) is 0 Å². The SMILES string of the molecule is Cc1nn(C(F)F)c(C)c1CC(=O)Nc1ccc(CCO)cc1. The van der Waals surface area contributed by atoms with Gasteiger partial charge in [-0.05, 0) is 38.0 Å². The van der Waals surface area contributed by atoms with Gasteiger partial charge in [-0.3, -0.25) is 4.79 Å². The second-order valence-electron chi connectivity index (χ2n) is 5.27. The molecule has 0 spiro atoms. The van der Waals surface area contributed by atoms with Crippen molar-refractivity contribution in [3.8, 4) is 0 Å². The van der Waals surface area contributed by atoms with E-state index in [1.807, 2.05) is 12.1 Å². The Hall–Kier alpha value is -2.28. The van der Waals surface area contributed by atoms with Crippen molar-refractivity contribution < 1.29 is 18.7 Å². The second-order valence-corrected chi connectivity index (χ2v) is 5.27. The quantitative estimate of drug-likeness (QED) is 0.859. The van der Waals surface area contributed by atoms with E-state index in [2.05, 4.69) is 10.4 Å². The lowest BCUT2D eigenvalue weighted by atomic mass is 10.1. The number of hydrogen-bond acceptors (Lipinski definition) is 3. The van der Waals surface area contributed by atoms with E-state index in [-0.39, 0.29) is 18.9 Å². The van der Waals surface area contributed by atoms with Gasteiger partial charge in [-0.1, -0.05) is 12.1 Å². The highest BCUT2D eigenvalue weighted by Gasteiger charge is 2.19. The van der Waals surface area contributed by atoms with E-state index in [1.165, 1.54) is 6.92 Å². The minimum atomic E-state index is -2.72. The lowest BCUT2D eigenvalue weighted by molar-refractivity contribution is -0.115. The van der Waals surface area contributed by atoms with Gasteiger partial charge in [-0.2, -0.15) is 13.9 Å². The van der Waals surface area contributed by atoms with Gasteiger partial charge in [-0.25, -0.2) is 4.68 Å². The lowest BCUT2D eigenvalue weighted by Crippen LogP contribution is -2.15. The Labute approximate surface area is 132 Å². The first-order chi connectivity index (χ1) is 10.9. The molecule has 23 heavy (non-hydrogen) atoms. The number of anilines is 1. The third-order valence-electron chi connectivity index (χ3n) is 3.64. The molecule has 2 N–H and O–H groups in total. The first kappa shape index (κ1) is 17.1. The fourth-order valence-corrected chi connectivity index (χ4v) is 2.39. The average Bonchev–Trinajstić information content (AvgIpc) is 2.78. The van der Waals surface area contributed by atoms with Crippen molar-refractivity contribution in [2.45, 2.75) is 33.2 Å². The molecule has 0 atom stereocenters. The van der Waals surface area contributed by atoms with Crippen LogP contribution in [0, 0.1) is 13.8 Å². The van der Waals surface area contributed by atoms with E-state index in [9.17, 15) is 13.6 Å². The van der Waals surface area contributed by atoms with E-state index in [0.717, 1.165) is 5.56 Å². The van der Waals surface area contributed by atoms with Crippen molar-refractivity contribution in [1.29, 1.82) is 0 Å². The number of nitrogens with zero attached hydrogens (tertiary/aromatic N) is 2. The van der Waals surface area contributed by atoms with Gasteiger partial charge in [0.2, 0.25) is 5.91 Å². The predicted octanol–water partition coefficient (Wildman–Crippen LogP) is 2.61. The zero-order valence-corrected chi connectivity index (χ0v) is 13.0. The minimum Gasteiger partial charge on any atom is -0.396 e. The molecule has 1 aromatic carbocycles. The molecule has 0 radical (unpaired) electrons. The van der Waals surface area contributed by atoms with Crippen molar-refractivity contribution in [2.75, 3.05) is 11.9 Å². The van der Waals surface area contributed by atoms with Crippen LogP contribution in [0.15, 0.2) is 24.3 Å². The molecular formula is C16H19F2N3O2. The molecule has 0 saturated heterocycles. The van der Waals surface area contributed by atoms with Crippen molar-refractivity contribution in [2.24, 2.45) is 0 Å². The molecule has 0 saturated carbocycles. The number of hydrogen-bond donors (Lipinski definition) is 2. The van der Waals surface area contributed by atoms with Gasteiger partial charge >= 0.3 is 6.55 Å². The first-order valence-corrected chi connectivity index (χ1v) is 7.24. The smallest absolute Gasteiger partial charge is 0.333 e. The van der Waals surface area contributed by atoms with Crippen molar-refractivity contribution in [3.63, 3.8) is 0 Å². The highest BCUT2D eigenvalue weighted by atomic mass is 19.3. The molecule has 0 aliphatic rings. The Morgan fingerprint density at radius 1 is 1.30 bits per heavy atom. The zero-order valence-electron chi connectivity index (χ0n) is 13.0. The van der Waals surface area contributed by atoms with Crippen LogP contribution in [0.25, 0.3) is 0 Å². The molecule has 0 fully saturated rings. The number of rotatable bonds is 6. The van der Waals surface area contributed by atoms with Gasteiger partial charge in [0.05, 0.1) is 12.1 Å². The first-order valence-electron chi connectivity index (χ1n) is 7.24. The number of carbonyl (C=O) groups excluding carboxylic acids is 1. The summed E-state index contributed by atoms with van der Waals surface area (Å²) in [6.45, 7) is 0.485. The summed E-state index contributed by atoms with van der Waals surface area (Å²) in [7, 11) is 0. The zero-order chi connectivity index (χ0) is 17.0. The molecule has 0 aliphatic heterocycles. The van der Waals surface area contributed by atoms with Crippen molar-refractivity contribution >= 4 is 11.6 Å². The average molecular weight is 323 g/mol. The largest absolute Gasteiger partial charge is 0.396 e. The molecule has 0 unspecified atom stereocenters. The van der Waals surface area contributed by atoms with Crippen LogP contribution in [0.5, 0.6) is 0 Å². The molecule has 2 aromatic rings. The van der Waals surface area contributed by atoms with E-state index >= 15 is 0 Å². The number of amides is 1. The Bertz CT molecular complexity index is 681. The van der Waals surface area contributed by atoms with Crippen LogP contribution in [-0.4, -0.2) is 27.4 Å². The Morgan fingerprint density at radius 2 is 1.96 bits per heavy atom. The summed E-state index contributed by atoms with van der Waals surface area (Å²) in [5.74, 6) is -0.292. The molecule has 2 rings (SSSR count). The van der Waals surface area contributed by atoms with Crippen LogP contribution >= 0.6 is 0 Å². The van der Waals surface area contributed by atoms with Crippen molar-refractivity contribution in [3.05, 3.63) is 46.8 Å². The van der Waals surface area contributed by atoms with Crippen LogP contribution in [0.3, 0.4) is 0 Å². The molecule has 7 heteroatoms. The van der Waals surface area contributed by atoms with E-state index < -0.39 is 6.55 Å². The number of aryl methyl sites for hydroxylation is 1. The van der Waals surface area contributed by atoms with E-state index in [1.54, 1.807) is 19.1 Å². The monoisotopic (exact) mass is 323 g/mol. The summed E-state index contributed by atoms with van der Waals surface area (Å²) in [6.07, 6.45) is 0.544. The number of aliphatic hydroxyl groups excluding tert-OH is 1. The maximum absolute atomic E-state index is 12.8. The van der Waals surface area contributed by atoms with Crippen LogP contribution in [-0.2, 0) is 17.6 Å². The Kier molecular flexibility index (Phi) is 5.44. The number of benzene rings is 1. The summed E-state index contributed by atoms with van der Waals surface area (Å²) in [5.41, 5.74) is 2.82. The fraction of sp³-hybridized carbons (Fsp3) is 0.375. The number of aromatic nitrogens is 2. The highest BCUT2D eigenvalue weighted by Crippen LogP contribution is 2.20. The third-order valence-corrected chi connectivity index (χ3v) is 3.64. The van der Waals surface area contributed by atoms with Gasteiger partial charge in [0.15, 0.2) is 0 Å². The molecule has 5 nitrogen and oxygen atoms in total. The molecular weight excluding hydrogens is 304 g/mol. The minimum absolute atomic E-state index is 0.0111.